The van der Waals surface area contributed by atoms with E-state index >= 15 is 0 Å². The second-order valence-electron chi connectivity index (χ2n) is 8.96. The maximum absolute atomic E-state index is 13.8. The fourth-order valence-electron chi connectivity index (χ4n) is 6.29. The second-order valence-corrected chi connectivity index (χ2v) is 8.96. The summed E-state index contributed by atoms with van der Waals surface area (Å²) in [6, 6.07) is 10.9. The molecule has 4 aliphatic heterocycles. The molecule has 3 saturated heterocycles. The molecule has 9 heteroatoms. The van der Waals surface area contributed by atoms with Gasteiger partial charge in [0.05, 0.1) is 22.4 Å². The molecule has 32 heavy (non-hydrogen) atoms. The molecule has 0 radical (unpaired) electrons. The number of benzene rings is 2. The van der Waals surface area contributed by atoms with Crippen LogP contribution in [-0.4, -0.2) is 40.1 Å². The van der Waals surface area contributed by atoms with Gasteiger partial charge in [-0.3, -0.25) is 29.4 Å². The van der Waals surface area contributed by atoms with Gasteiger partial charge in [-0.2, -0.15) is 0 Å². The topological polar surface area (TPSA) is 113 Å². The summed E-state index contributed by atoms with van der Waals surface area (Å²) in [5.41, 5.74) is 1.38. The van der Waals surface area contributed by atoms with Crippen LogP contribution in [0.25, 0.3) is 0 Å². The van der Waals surface area contributed by atoms with Crippen molar-refractivity contribution in [2.24, 2.45) is 11.8 Å². The average Bonchev–Trinajstić information content (AvgIpc) is 3.47. The third-order valence-corrected chi connectivity index (χ3v) is 7.47. The summed E-state index contributed by atoms with van der Waals surface area (Å²) < 4.78 is 0. The number of fused-ring (bicyclic) bond motifs is 7. The highest BCUT2D eigenvalue weighted by atomic mass is 16.6. The van der Waals surface area contributed by atoms with Crippen LogP contribution in [-0.2, 0) is 19.9 Å². The average molecular weight is 432 g/mol. The van der Waals surface area contributed by atoms with Gasteiger partial charge in [-0.1, -0.05) is 17.7 Å². The number of rotatable bonds is 2. The molecule has 3 amide bonds. The van der Waals surface area contributed by atoms with E-state index in [-0.39, 0.29) is 23.5 Å². The normalized spacial score (nSPS) is 30.6. The van der Waals surface area contributed by atoms with Gasteiger partial charge in [0.1, 0.15) is 5.54 Å². The SMILES string of the molecule is Cc1ccc2c(c1)[C@]1(C(=O)N2)[C@@H]2C(=O)N(c3ccc([N+](=O)[O-])cc3)C(=O)[C@@H]2[C@@H]2CCCN21. The Morgan fingerprint density at radius 1 is 1.09 bits per heavy atom. The molecule has 1 N–H and O–H groups in total. The van der Waals surface area contributed by atoms with E-state index in [0.29, 0.717) is 17.9 Å². The van der Waals surface area contributed by atoms with E-state index in [2.05, 4.69) is 10.2 Å². The molecular weight excluding hydrogens is 412 g/mol. The molecule has 0 saturated carbocycles. The van der Waals surface area contributed by atoms with Crippen LogP contribution in [0.2, 0.25) is 0 Å². The lowest BCUT2D eigenvalue weighted by Gasteiger charge is -2.36. The van der Waals surface area contributed by atoms with Crippen molar-refractivity contribution in [1.29, 1.82) is 0 Å². The van der Waals surface area contributed by atoms with Gasteiger partial charge in [-0.05, 0) is 44.5 Å². The molecular formula is C23H20N4O5. The first-order valence-electron chi connectivity index (χ1n) is 10.7. The van der Waals surface area contributed by atoms with Crippen molar-refractivity contribution in [1.82, 2.24) is 4.90 Å². The number of amides is 3. The van der Waals surface area contributed by atoms with E-state index in [9.17, 15) is 24.5 Å². The fourth-order valence-corrected chi connectivity index (χ4v) is 6.29. The minimum Gasteiger partial charge on any atom is -0.324 e. The van der Waals surface area contributed by atoms with Gasteiger partial charge in [-0.15, -0.1) is 0 Å². The lowest BCUT2D eigenvalue weighted by Crippen LogP contribution is -2.54. The molecule has 0 aromatic heterocycles. The molecule has 4 heterocycles. The summed E-state index contributed by atoms with van der Waals surface area (Å²) in [5, 5.41) is 14.0. The predicted octanol–water partition coefficient (Wildman–Crippen LogP) is 2.33. The molecule has 4 aliphatic rings. The largest absolute Gasteiger partial charge is 0.324 e. The number of nitrogens with zero attached hydrogens (tertiary/aromatic N) is 3. The Labute approximate surface area is 183 Å². The third kappa shape index (κ3) is 2.13. The van der Waals surface area contributed by atoms with Crippen LogP contribution < -0.4 is 10.2 Å². The molecule has 6 rings (SSSR count). The molecule has 162 valence electrons. The molecule has 3 fully saturated rings. The van der Waals surface area contributed by atoms with Gasteiger partial charge in [0.2, 0.25) is 17.7 Å². The van der Waals surface area contributed by atoms with Gasteiger partial charge in [0.15, 0.2) is 0 Å². The summed E-state index contributed by atoms with van der Waals surface area (Å²) in [4.78, 5) is 54.6. The Balaban J connectivity index is 1.51. The second kappa shape index (κ2) is 6.23. The third-order valence-electron chi connectivity index (χ3n) is 7.47. The van der Waals surface area contributed by atoms with Crippen molar-refractivity contribution in [3.8, 4) is 0 Å². The van der Waals surface area contributed by atoms with Crippen molar-refractivity contribution in [3.05, 3.63) is 63.7 Å². The quantitative estimate of drug-likeness (QED) is 0.443. The predicted molar refractivity (Wildman–Crippen MR) is 114 cm³/mol. The number of hydrogen-bond donors (Lipinski definition) is 1. The molecule has 0 bridgehead atoms. The number of imide groups is 1. The monoisotopic (exact) mass is 432 g/mol. The standard InChI is InChI=1S/C23H20N4O5/c1-12-4-9-16-15(11-12)23(22(30)24-16)19-18(17-3-2-10-25(17)23)20(28)26(21(19)29)13-5-7-14(8-6-13)27(31)32/h4-9,11,17-19H,2-3,10H2,1H3,(H,24,30)/t17-,18+,19-,23+/m0/s1. The van der Waals surface area contributed by atoms with Gasteiger partial charge >= 0.3 is 0 Å². The van der Waals surface area contributed by atoms with E-state index in [1.54, 1.807) is 0 Å². The van der Waals surface area contributed by atoms with Gasteiger partial charge in [-0.25, -0.2) is 4.90 Å². The van der Waals surface area contributed by atoms with Crippen LogP contribution in [0.5, 0.6) is 0 Å². The molecule has 2 aromatic carbocycles. The summed E-state index contributed by atoms with van der Waals surface area (Å²) in [7, 11) is 0. The Bertz CT molecular complexity index is 1230. The van der Waals surface area contributed by atoms with Crippen LogP contribution >= 0.6 is 0 Å². The van der Waals surface area contributed by atoms with Crippen molar-refractivity contribution < 1.29 is 19.3 Å². The Hall–Kier alpha value is -3.59. The van der Waals surface area contributed by atoms with Crippen molar-refractivity contribution >= 4 is 34.8 Å². The molecule has 2 aromatic rings. The first-order valence-corrected chi connectivity index (χ1v) is 10.7. The molecule has 1 spiro atoms. The minimum atomic E-state index is -1.21. The number of carbonyl (C=O) groups excluding carboxylic acids is 3. The van der Waals surface area contributed by atoms with E-state index in [4.69, 9.17) is 0 Å². The Morgan fingerprint density at radius 3 is 2.56 bits per heavy atom. The fraction of sp³-hybridized carbons (Fsp3) is 0.348. The van der Waals surface area contributed by atoms with Gasteiger partial charge < -0.3 is 5.32 Å². The lowest BCUT2D eigenvalue weighted by atomic mass is 9.75. The van der Waals surface area contributed by atoms with Crippen LogP contribution in [0.4, 0.5) is 17.1 Å². The minimum absolute atomic E-state index is 0.119. The number of non-ortho nitro benzene ring substituents is 1. The summed E-state index contributed by atoms with van der Waals surface area (Å²) in [6.07, 6.45) is 1.59. The van der Waals surface area contributed by atoms with E-state index in [1.165, 1.54) is 24.3 Å². The number of carbonyl (C=O) groups is 3. The maximum atomic E-state index is 13.8. The highest BCUT2D eigenvalue weighted by molar-refractivity contribution is 6.25. The number of nitrogens with one attached hydrogen (secondary N) is 1. The zero-order valence-electron chi connectivity index (χ0n) is 17.3. The molecule has 9 nitrogen and oxygen atoms in total. The Kier molecular flexibility index (Phi) is 3.72. The number of anilines is 2. The molecule has 0 unspecified atom stereocenters. The van der Waals surface area contributed by atoms with Crippen LogP contribution in [0.1, 0.15) is 24.0 Å². The van der Waals surface area contributed by atoms with E-state index in [0.717, 1.165) is 28.9 Å². The van der Waals surface area contributed by atoms with Crippen LogP contribution in [0.15, 0.2) is 42.5 Å². The molecule has 0 aliphatic carbocycles. The number of aryl methyl sites for hydroxylation is 1. The first kappa shape index (κ1) is 19.1. The van der Waals surface area contributed by atoms with Crippen molar-refractivity contribution in [3.63, 3.8) is 0 Å². The van der Waals surface area contributed by atoms with Gasteiger partial charge in [0, 0.05) is 29.4 Å². The Morgan fingerprint density at radius 2 is 1.84 bits per heavy atom. The zero-order chi connectivity index (χ0) is 22.4. The summed E-state index contributed by atoms with van der Waals surface area (Å²) in [5.74, 6) is -2.48. The van der Waals surface area contributed by atoms with Crippen LogP contribution in [0, 0.1) is 28.9 Å². The molecule has 4 atom stereocenters. The summed E-state index contributed by atoms with van der Waals surface area (Å²) in [6.45, 7) is 2.59. The van der Waals surface area contributed by atoms with Crippen molar-refractivity contribution in [2.45, 2.75) is 31.3 Å². The lowest BCUT2D eigenvalue weighted by molar-refractivity contribution is -0.384. The number of hydrogen-bond acceptors (Lipinski definition) is 6. The van der Waals surface area contributed by atoms with E-state index < -0.39 is 28.2 Å². The zero-order valence-corrected chi connectivity index (χ0v) is 17.3. The van der Waals surface area contributed by atoms with Gasteiger partial charge in [0.25, 0.3) is 5.69 Å². The highest BCUT2D eigenvalue weighted by Gasteiger charge is 2.74. The first-order chi connectivity index (χ1) is 15.4. The smallest absolute Gasteiger partial charge is 0.269 e. The van der Waals surface area contributed by atoms with Crippen LogP contribution in [0.3, 0.4) is 0 Å². The number of nitro groups is 1. The summed E-state index contributed by atoms with van der Waals surface area (Å²) >= 11 is 0. The maximum Gasteiger partial charge on any atom is 0.269 e. The van der Waals surface area contributed by atoms with Crippen molar-refractivity contribution in [2.75, 3.05) is 16.8 Å². The number of nitro benzene ring substituents is 1. The highest BCUT2D eigenvalue weighted by Crippen LogP contribution is 2.60. The van der Waals surface area contributed by atoms with E-state index in [1.807, 2.05) is 25.1 Å².